The smallest absolute Gasteiger partial charge is 0.325 e. The summed E-state index contributed by atoms with van der Waals surface area (Å²) in [5.41, 5.74) is 0.831. The third kappa shape index (κ3) is 8.86. The fraction of sp³-hybridized carbons (Fsp3) is 0.333. The zero-order valence-electron chi connectivity index (χ0n) is 12.4. The summed E-state index contributed by atoms with van der Waals surface area (Å²) in [6.07, 6.45) is -0.513. The first-order valence-electron chi connectivity index (χ1n) is 6.92. The number of ether oxygens (including phenoxy) is 1. The molecule has 124 valence electrons. The first-order valence-corrected chi connectivity index (χ1v) is 6.92. The molecule has 0 aromatic heterocycles. The lowest BCUT2D eigenvalue weighted by atomic mass is 10.2. The number of carbonyl (C=O) groups excluding carboxylic acids is 3. The van der Waals surface area contributed by atoms with Gasteiger partial charge in [-0.25, -0.2) is 0 Å². The summed E-state index contributed by atoms with van der Waals surface area (Å²) < 4.78 is 4.96. The maximum atomic E-state index is 11.4. The molecule has 1 aromatic rings. The Labute approximate surface area is 132 Å². The van der Waals surface area contributed by atoms with Crippen LogP contribution in [0.2, 0.25) is 0 Å². The molecule has 0 heterocycles. The molecule has 0 saturated heterocycles. The van der Waals surface area contributed by atoms with Crippen LogP contribution in [0, 0.1) is 0 Å². The quantitative estimate of drug-likeness (QED) is 0.543. The minimum absolute atomic E-state index is 0.113. The van der Waals surface area contributed by atoms with Crippen LogP contribution in [0.4, 0.5) is 0 Å². The number of rotatable bonds is 9. The number of amides is 2. The van der Waals surface area contributed by atoms with Gasteiger partial charge in [0.25, 0.3) is 0 Å². The van der Waals surface area contributed by atoms with Crippen molar-refractivity contribution in [2.75, 3.05) is 13.1 Å². The Morgan fingerprint density at radius 3 is 2.22 bits per heavy atom. The number of carbonyl (C=O) groups is 4. The van der Waals surface area contributed by atoms with Crippen LogP contribution >= 0.6 is 0 Å². The van der Waals surface area contributed by atoms with E-state index in [0.29, 0.717) is 0 Å². The maximum Gasteiger partial charge on any atom is 0.325 e. The van der Waals surface area contributed by atoms with Crippen LogP contribution in [0.1, 0.15) is 18.4 Å². The molecule has 0 unspecified atom stereocenters. The van der Waals surface area contributed by atoms with Crippen molar-refractivity contribution in [1.82, 2.24) is 10.6 Å². The molecule has 8 heteroatoms. The third-order valence-corrected chi connectivity index (χ3v) is 2.68. The van der Waals surface area contributed by atoms with Crippen molar-refractivity contribution in [2.45, 2.75) is 19.4 Å². The Balaban J connectivity index is 2.14. The van der Waals surface area contributed by atoms with E-state index in [-0.39, 0.29) is 32.5 Å². The van der Waals surface area contributed by atoms with Crippen LogP contribution in [0.15, 0.2) is 30.3 Å². The molecule has 0 fully saturated rings. The average Bonchev–Trinajstić information content (AvgIpc) is 2.55. The van der Waals surface area contributed by atoms with Crippen molar-refractivity contribution in [3.63, 3.8) is 0 Å². The van der Waals surface area contributed by atoms with E-state index in [1.54, 1.807) is 12.1 Å². The van der Waals surface area contributed by atoms with Gasteiger partial charge in [-0.05, 0) is 5.56 Å². The van der Waals surface area contributed by atoms with E-state index in [0.717, 1.165) is 5.56 Å². The summed E-state index contributed by atoms with van der Waals surface area (Å²) in [5, 5.41) is 13.0. The molecule has 0 aliphatic carbocycles. The molecule has 0 aliphatic heterocycles. The molecule has 0 spiro atoms. The normalized spacial score (nSPS) is 9.74. The van der Waals surface area contributed by atoms with Crippen molar-refractivity contribution < 1.29 is 29.0 Å². The monoisotopic (exact) mass is 322 g/mol. The van der Waals surface area contributed by atoms with Crippen molar-refractivity contribution in [1.29, 1.82) is 0 Å². The van der Waals surface area contributed by atoms with Crippen molar-refractivity contribution in [3.8, 4) is 0 Å². The predicted molar refractivity (Wildman–Crippen MR) is 79.1 cm³/mol. The summed E-state index contributed by atoms with van der Waals surface area (Å²) in [5.74, 6) is -2.80. The van der Waals surface area contributed by atoms with Gasteiger partial charge in [-0.3, -0.25) is 19.2 Å². The van der Waals surface area contributed by atoms with Gasteiger partial charge in [-0.15, -0.1) is 0 Å². The van der Waals surface area contributed by atoms with Crippen LogP contribution < -0.4 is 10.6 Å². The van der Waals surface area contributed by atoms with Crippen LogP contribution in [-0.4, -0.2) is 41.9 Å². The molecule has 1 aromatic carbocycles. The molecule has 0 aliphatic rings. The first kappa shape index (κ1) is 18.1. The second-order valence-electron chi connectivity index (χ2n) is 4.59. The fourth-order valence-electron chi connectivity index (χ4n) is 1.51. The highest BCUT2D eigenvalue weighted by Gasteiger charge is 2.09. The third-order valence-electron chi connectivity index (χ3n) is 2.68. The molecule has 8 nitrogen and oxygen atoms in total. The number of benzene rings is 1. The maximum absolute atomic E-state index is 11.4. The number of esters is 1. The minimum atomic E-state index is -1.09. The highest BCUT2D eigenvalue weighted by Crippen LogP contribution is 2.00. The fourth-order valence-corrected chi connectivity index (χ4v) is 1.51. The van der Waals surface area contributed by atoms with Crippen molar-refractivity contribution in [3.05, 3.63) is 35.9 Å². The van der Waals surface area contributed by atoms with Crippen LogP contribution in [0.3, 0.4) is 0 Å². The zero-order chi connectivity index (χ0) is 17.1. The molecule has 3 N–H and O–H groups in total. The first-order chi connectivity index (χ1) is 11.0. The lowest BCUT2D eigenvalue weighted by Crippen LogP contribution is -2.39. The van der Waals surface area contributed by atoms with E-state index >= 15 is 0 Å². The average molecular weight is 322 g/mol. The topological polar surface area (TPSA) is 122 Å². The Hall–Kier alpha value is -2.90. The zero-order valence-corrected chi connectivity index (χ0v) is 12.4. The van der Waals surface area contributed by atoms with Gasteiger partial charge in [0, 0.05) is 6.42 Å². The van der Waals surface area contributed by atoms with Gasteiger partial charge >= 0.3 is 11.9 Å². The molecule has 0 bridgehead atoms. The Kier molecular flexibility index (Phi) is 7.84. The predicted octanol–water partition coefficient (Wildman–Crippen LogP) is -0.173. The van der Waals surface area contributed by atoms with Gasteiger partial charge in [0.2, 0.25) is 11.8 Å². The Morgan fingerprint density at radius 2 is 1.57 bits per heavy atom. The molecule has 23 heavy (non-hydrogen) atoms. The number of carboxylic acid groups (broad SMARTS) is 1. The van der Waals surface area contributed by atoms with Crippen LogP contribution in [0.25, 0.3) is 0 Å². The number of hydrogen-bond acceptors (Lipinski definition) is 5. The van der Waals surface area contributed by atoms with E-state index in [2.05, 4.69) is 10.6 Å². The molecule has 0 atom stereocenters. The van der Waals surface area contributed by atoms with Crippen LogP contribution in [0.5, 0.6) is 0 Å². The number of aliphatic carboxylic acids is 1. The SMILES string of the molecule is O=C(O)CCC(=O)NCC(=O)NCC(=O)OCc1ccccc1. The minimum Gasteiger partial charge on any atom is -0.481 e. The summed E-state index contributed by atoms with van der Waals surface area (Å²) in [6.45, 7) is -0.525. The van der Waals surface area contributed by atoms with Gasteiger partial charge in [0.05, 0.1) is 13.0 Å². The Morgan fingerprint density at radius 1 is 0.913 bits per heavy atom. The largest absolute Gasteiger partial charge is 0.481 e. The second-order valence-corrected chi connectivity index (χ2v) is 4.59. The van der Waals surface area contributed by atoms with Gasteiger partial charge < -0.3 is 20.5 Å². The highest BCUT2D eigenvalue weighted by molar-refractivity contribution is 5.87. The summed E-state index contributed by atoms with van der Waals surface area (Å²) in [7, 11) is 0. The van der Waals surface area contributed by atoms with Crippen molar-refractivity contribution >= 4 is 23.8 Å². The lowest BCUT2D eigenvalue weighted by molar-refractivity contribution is -0.145. The van der Waals surface area contributed by atoms with Gasteiger partial charge in [-0.2, -0.15) is 0 Å². The number of nitrogens with one attached hydrogen (secondary N) is 2. The number of carboxylic acids is 1. The molecule has 2 amide bonds. The van der Waals surface area contributed by atoms with E-state index in [1.807, 2.05) is 18.2 Å². The van der Waals surface area contributed by atoms with E-state index < -0.39 is 23.8 Å². The molecular formula is C15H18N2O6. The molecule has 0 radical (unpaired) electrons. The summed E-state index contributed by atoms with van der Waals surface area (Å²) in [6, 6.07) is 9.09. The number of hydrogen-bond donors (Lipinski definition) is 3. The van der Waals surface area contributed by atoms with Crippen LogP contribution in [-0.2, 0) is 30.5 Å². The standard InChI is InChI=1S/C15H18N2O6/c18-12(6-7-14(20)21)16-8-13(19)17-9-15(22)23-10-11-4-2-1-3-5-11/h1-5H,6-10H2,(H,16,18)(H,17,19)(H,20,21). The summed E-state index contributed by atoms with van der Waals surface area (Å²) in [4.78, 5) is 44.3. The van der Waals surface area contributed by atoms with Gasteiger partial charge in [0.1, 0.15) is 13.2 Å². The summed E-state index contributed by atoms with van der Waals surface area (Å²) >= 11 is 0. The van der Waals surface area contributed by atoms with E-state index in [4.69, 9.17) is 9.84 Å². The lowest BCUT2D eigenvalue weighted by Gasteiger charge is -2.07. The molecule has 0 saturated carbocycles. The Bertz CT molecular complexity index is 558. The van der Waals surface area contributed by atoms with E-state index in [9.17, 15) is 19.2 Å². The van der Waals surface area contributed by atoms with E-state index in [1.165, 1.54) is 0 Å². The second kappa shape index (κ2) is 9.93. The van der Waals surface area contributed by atoms with Gasteiger partial charge in [-0.1, -0.05) is 30.3 Å². The van der Waals surface area contributed by atoms with Gasteiger partial charge in [0.15, 0.2) is 0 Å². The highest BCUT2D eigenvalue weighted by atomic mass is 16.5. The van der Waals surface area contributed by atoms with Crippen molar-refractivity contribution in [2.24, 2.45) is 0 Å². The molecular weight excluding hydrogens is 304 g/mol. The molecule has 1 rings (SSSR count).